The molecule has 2 aliphatic heterocycles. The third-order valence-corrected chi connectivity index (χ3v) is 5.98. The maximum atomic E-state index is 14.6. The maximum Gasteiger partial charge on any atom is 0.159 e. The van der Waals surface area contributed by atoms with Crippen molar-refractivity contribution < 1.29 is 9.50 Å². The number of nitrogens with zero attached hydrogens (tertiary/aromatic N) is 5. The van der Waals surface area contributed by atoms with Crippen LogP contribution in [0.15, 0.2) is 24.4 Å². The lowest BCUT2D eigenvalue weighted by Gasteiger charge is -2.36. The second kappa shape index (κ2) is 7.03. The quantitative estimate of drug-likeness (QED) is 0.705. The number of anilines is 1. The fourth-order valence-corrected chi connectivity index (χ4v) is 4.41. The molecule has 0 aliphatic carbocycles. The number of hydrogen-bond acceptors (Lipinski definition) is 6. The highest BCUT2D eigenvalue weighted by Crippen LogP contribution is 2.33. The summed E-state index contributed by atoms with van der Waals surface area (Å²) in [4.78, 5) is 11.1. The number of piperidine rings is 1. The molecule has 2 unspecified atom stereocenters. The Morgan fingerprint density at radius 3 is 2.69 bits per heavy atom. The number of alkyl halides is 1. The van der Waals surface area contributed by atoms with Gasteiger partial charge in [-0.15, -0.1) is 0 Å². The number of hydrogen-bond donors (Lipinski definition) is 2. The van der Waals surface area contributed by atoms with Gasteiger partial charge in [0, 0.05) is 37.0 Å². The Morgan fingerprint density at radius 1 is 1.14 bits per heavy atom. The molecule has 2 atom stereocenters. The largest absolute Gasteiger partial charge is 0.389 e. The van der Waals surface area contributed by atoms with Crippen LogP contribution in [0.2, 0.25) is 0 Å². The normalized spacial score (nSPS) is 22.8. The highest BCUT2D eigenvalue weighted by atomic mass is 19.1. The number of aliphatic hydroxyl groups excluding tert-OH is 1. The van der Waals surface area contributed by atoms with Crippen LogP contribution in [0.3, 0.4) is 0 Å². The molecule has 2 fully saturated rings. The number of benzene rings is 1. The van der Waals surface area contributed by atoms with Gasteiger partial charge < -0.3 is 15.3 Å². The predicted octanol–water partition coefficient (Wildman–Crippen LogP) is 2.03. The Kier molecular flexibility index (Phi) is 4.48. The lowest BCUT2D eigenvalue weighted by molar-refractivity contribution is 0.141. The lowest BCUT2D eigenvalue weighted by atomic mass is 9.85. The van der Waals surface area contributed by atoms with Crippen molar-refractivity contribution in [3.8, 4) is 5.82 Å². The SMILES string of the molecule is Cc1nc(N2CC(O)C2)cc(-n2ncc3cc(C)c(C4CCNCC4F)cc32)n1. The van der Waals surface area contributed by atoms with Crippen molar-refractivity contribution in [2.24, 2.45) is 0 Å². The van der Waals surface area contributed by atoms with Crippen LogP contribution in [0.25, 0.3) is 16.7 Å². The topological polar surface area (TPSA) is 79.1 Å². The van der Waals surface area contributed by atoms with Crippen LogP contribution in [0.5, 0.6) is 0 Å². The molecule has 8 heteroatoms. The van der Waals surface area contributed by atoms with Crippen molar-refractivity contribution in [2.45, 2.75) is 38.5 Å². The molecular weight excluding hydrogens is 371 g/mol. The molecule has 4 heterocycles. The van der Waals surface area contributed by atoms with Crippen molar-refractivity contribution >= 4 is 16.7 Å². The summed E-state index contributed by atoms with van der Waals surface area (Å²) in [6.07, 6.45) is 1.42. The molecule has 152 valence electrons. The van der Waals surface area contributed by atoms with E-state index in [2.05, 4.69) is 32.5 Å². The summed E-state index contributed by atoms with van der Waals surface area (Å²) in [5, 5.41) is 18.3. The summed E-state index contributed by atoms with van der Waals surface area (Å²) in [7, 11) is 0. The van der Waals surface area contributed by atoms with Gasteiger partial charge in [-0.25, -0.2) is 19.0 Å². The third-order valence-electron chi connectivity index (χ3n) is 5.98. The summed E-state index contributed by atoms with van der Waals surface area (Å²) >= 11 is 0. The lowest BCUT2D eigenvalue weighted by Crippen LogP contribution is -2.51. The van der Waals surface area contributed by atoms with Gasteiger partial charge in [0.25, 0.3) is 0 Å². The zero-order valence-corrected chi connectivity index (χ0v) is 16.6. The van der Waals surface area contributed by atoms with Crippen molar-refractivity contribution in [3.63, 3.8) is 0 Å². The number of β-amino-alcohol motifs (C(OH)–C–C–N with tert-alkyl or cyclic N) is 1. The molecule has 7 nitrogen and oxygen atoms in total. The number of halogens is 1. The van der Waals surface area contributed by atoms with E-state index in [-0.39, 0.29) is 12.0 Å². The molecule has 2 N–H and O–H groups in total. The monoisotopic (exact) mass is 396 g/mol. The molecule has 0 bridgehead atoms. The molecular formula is C21H25FN6O. The van der Waals surface area contributed by atoms with Crippen LogP contribution in [0.1, 0.15) is 29.3 Å². The Hall–Kier alpha value is -2.58. The van der Waals surface area contributed by atoms with Gasteiger partial charge in [0.15, 0.2) is 5.82 Å². The van der Waals surface area contributed by atoms with Crippen molar-refractivity contribution in [2.75, 3.05) is 31.1 Å². The second-order valence-electron chi connectivity index (χ2n) is 8.13. The van der Waals surface area contributed by atoms with E-state index in [1.807, 2.05) is 31.0 Å². The Bertz CT molecular complexity index is 1060. The second-order valence-corrected chi connectivity index (χ2v) is 8.13. The molecule has 2 aliphatic rings. The van der Waals surface area contributed by atoms with Crippen LogP contribution < -0.4 is 10.2 Å². The number of aliphatic hydroxyl groups is 1. The molecule has 0 amide bonds. The van der Waals surface area contributed by atoms with E-state index in [0.717, 1.165) is 40.8 Å². The first-order chi connectivity index (χ1) is 14.0. The number of fused-ring (bicyclic) bond motifs is 1. The van der Waals surface area contributed by atoms with Gasteiger partial charge in [0.2, 0.25) is 0 Å². The van der Waals surface area contributed by atoms with Gasteiger partial charge >= 0.3 is 0 Å². The summed E-state index contributed by atoms with van der Waals surface area (Å²) in [5.74, 6) is 2.02. The van der Waals surface area contributed by atoms with E-state index >= 15 is 0 Å². The molecule has 0 radical (unpaired) electrons. The molecule has 29 heavy (non-hydrogen) atoms. The molecule has 2 saturated heterocycles. The van der Waals surface area contributed by atoms with E-state index in [0.29, 0.717) is 31.3 Å². The molecule has 0 spiro atoms. The first kappa shape index (κ1) is 18.4. The van der Waals surface area contributed by atoms with Crippen molar-refractivity contribution in [1.29, 1.82) is 0 Å². The fraction of sp³-hybridized carbons (Fsp3) is 0.476. The van der Waals surface area contributed by atoms with Crippen LogP contribution >= 0.6 is 0 Å². The molecule has 3 aromatic rings. The van der Waals surface area contributed by atoms with E-state index in [9.17, 15) is 9.50 Å². The first-order valence-corrected chi connectivity index (χ1v) is 10.1. The molecule has 0 saturated carbocycles. The number of nitrogens with one attached hydrogen (secondary N) is 1. The minimum absolute atomic E-state index is 0.103. The van der Waals surface area contributed by atoms with E-state index in [1.165, 1.54) is 0 Å². The van der Waals surface area contributed by atoms with Gasteiger partial charge in [-0.1, -0.05) is 0 Å². The number of aromatic nitrogens is 4. The zero-order valence-electron chi connectivity index (χ0n) is 16.6. The van der Waals surface area contributed by atoms with Crippen molar-refractivity contribution in [1.82, 2.24) is 25.1 Å². The smallest absolute Gasteiger partial charge is 0.159 e. The average molecular weight is 396 g/mol. The highest BCUT2D eigenvalue weighted by Gasteiger charge is 2.29. The number of aryl methyl sites for hydroxylation is 2. The summed E-state index contributed by atoms with van der Waals surface area (Å²) < 4.78 is 16.4. The third kappa shape index (κ3) is 3.26. The molecule has 1 aromatic carbocycles. The van der Waals surface area contributed by atoms with Crippen LogP contribution in [0.4, 0.5) is 10.2 Å². The van der Waals surface area contributed by atoms with Crippen LogP contribution in [-0.4, -0.2) is 63.3 Å². The minimum Gasteiger partial charge on any atom is -0.389 e. The van der Waals surface area contributed by atoms with Gasteiger partial charge in [0.1, 0.15) is 17.8 Å². The Balaban J connectivity index is 1.58. The van der Waals surface area contributed by atoms with E-state index in [4.69, 9.17) is 0 Å². The minimum atomic E-state index is -0.887. The van der Waals surface area contributed by atoms with Gasteiger partial charge in [0.05, 0.1) is 17.8 Å². The van der Waals surface area contributed by atoms with E-state index in [1.54, 1.807) is 4.68 Å². The Labute approximate surface area is 168 Å². The van der Waals surface area contributed by atoms with Crippen molar-refractivity contribution in [3.05, 3.63) is 41.3 Å². The Morgan fingerprint density at radius 2 is 1.93 bits per heavy atom. The highest BCUT2D eigenvalue weighted by molar-refractivity contribution is 5.82. The molecule has 2 aromatic heterocycles. The molecule has 5 rings (SSSR count). The van der Waals surface area contributed by atoms with E-state index < -0.39 is 6.17 Å². The van der Waals surface area contributed by atoms with Crippen LogP contribution in [-0.2, 0) is 0 Å². The van der Waals surface area contributed by atoms with Crippen LogP contribution in [0, 0.1) is 13.8 Å². The first-order valence-electron chi connectivity index (χ1n) is 10.1. The average Bonchev–Trinajstić information content (AvgIpc) is 3.07. The zero-order chi connectivity index (χ0) is 20.1. The van der Waals surface area contributed by atoms with Gasteiger partial charge in [-0.05, 0) is 50.1 Å². The predicted molar refractivity (Wildman–Crippen MR) is 109 cm³/mol. The summed E-state index contributed by atoms with van der Waals surface area (Å²) in [6, 6.07) is 6.06. The van der Waals surface area contributed by atoms with Gasteiger partial charge in [-0.3, -0.25) is 0 Å². The standard InChI is InChI=1S/C21H25FN6O/c1-12-5-14-8-24-28(19(14)6-17(12)16-3-4-23-9-18(16)22)21-7-20(25-13(2)26-21)27-10-15(29)11-27/h5-8,15-16,18,23,29H,3-4,9-11H2,1-2H3. The maximum absolute atomic E-state index is 14.6. The summed E-state index contributed by atoms with van der Waals surface area (Å²) in [5.41, 5.74) is 3.06. The fourth-order valence-electron chi connectivity index (χ4n) is 4.41. The van der Waals surface area contributed by atoms with Gasteiger partial charge in [-0.2, -0.15) is 5.10 Å². The number of rotatable bonds is 3. The summed E-state index contributed by atoms with van der Waals surface area (Å²) in [6.45, 7) is 6.28.